The molecule has 0 saturated heterocycles. The number of hydrogen-bond donors (Lipinski definition) is 2. The molecule has 0 aliphatic heterocycles. The Labute approximate surface area is 112 Å². The second kappa shape index (κ2) is 6.10. The van der Waals surface area contributed by atoms with Crippen molar-refractivity contribution in [2.75, 3.05) is 23.8 Å². The highest BCUT2D eigenvalue weighted by atomic mass is 15.2. The van der Waals surface area contributed by atoms with Crippen LogP contribution in [0.1, 0.15) is 6.92 Å². The molecule has 19 heavy (non-hydrogen) atoms. The van der Waals surface area contributed by atoms with E-state index in [2.05, 4.69) is 20.3 Å². The molecule has 0 spiro atoms. The van der Waals surface area contributed by atoms with E-state index in [1.54, 1.807) is 6.20 Å². The minimum Gasteiger partial charge on any atom is -0.356 e. The summed E-state index contributed by atoms with van der Waals surface area (Å²) in [4.78, 5) is 14.6. The van der Waals surface area contributed by atoms with Crippen molar-refractivity contribution in [2.45, 2.75) is 13.0 Å². The Kier molecular flexibility index (Phi) is 4.25. The van der Waals surface area contributed by atoms with Gasteiger partial charge in [-0.1, -0.05) is 6.07 Å². The van der Waals surface area contributed by atoms with Gasteiger partial charge in [-0.2, -0.15) is 0 Å². The first-order valence-electron chi connectivity index (χ1n) is 6.13. The molecule has 2 aromatic rings. The van der Waals surface area contributed by atoms with Crippen LogP contribution in [0.4, 0.5) is 17.5 Å². The highest BCUT2D eigenvalue weighted by molar-refractivity contribution is 5.56. The van der Waals surface area contributed by atoms with E-state index in [0.717, 1.165) is 11.6 Å². The number of likely N-dealkylation sites (N-methyl/N-ethyl adjacent to an activating group) is 1. The summed E-state index contributed by atoms with van der Waals surface area (Å²) in [6.07, 6.45) is 3.26. The minimum absolute atomic E-state index is 0.220. The lowest BCUT2D eigenvalue weighted by atomic mass is 10.3. The molecule has 3 N–H and O–H groups in total. The number of anilines is 3. The Hall–Kier alpha value is -2.21. The molecule has 6 nitrogen and oxygen atoms in total. The summed E-state index contributed by atoms with van der Waals surface area (Å²) in [6.45, 7) is 2.62. The fraction of sp³-hybridized carbons (Fsp3) is 0.308. The average Bonchev–Trinajstić information content (AvgIpc) is 2.47. The van der Waals surface area contributed by atoms with Crippen molar-refractivity contribution in [3.05, 3.63) is 36.8 Å². The van der Waals surface area contributed by atoms with Crippen LogP contribution in [0, 0.1) is 0 Å². The van der Waals surface area contributed by atoms with E-state index in [-0.39, 0.29) is 6.04 Å². The van der Waals surface area contributed by atoms with E-state index in [1.807, 2.05) is 43.1 Å². The van der Waals surface area contributed by atoms with Crippen molar-refractivity contribution >= 4 is 17.5 Å². The van der Waals surface area contributed by atoms with Gasteiger partial charge in [-0.15, -0.1) is 0 Å². The predicted octanol–water partition coefficient (Wildman–Crippen LogP) is 1.40. The Balaban J connectivity index is 2.15. The number of aromatic nitrogens is 3. The molecule has 0 bridgehead atoms. The summed E-state index contributed by atoms with van der Waals surface area (Å²) in [5.74, 6) is 2.29. The van der Waals surface area contributed by atoms with E-state index in [4.69, 9.17) is 5.73 Å². The first-order valence-corrected chi connectivity index (χ1v) is 6.13. The molecule has 0 amide bonds. The first kappa shape index (κ1) is 13.2. The molecule has 0 aromatic carbocycles. The first-order chi connectivity index (χ1) is 9.20. The predicted molar refractivity (Wildman–Crippen MR) is 76.5 cm³/mol. The molecule has 0 aliphatic carbocycles. The molecule has 2 aromatic heterocycles. The van der Waals surface area contributed by atoms with E-state index in [1.165, 1.54) is 6.33 Å². The average molecular weight is 258 g/mol. The third kappa shape index (κ3) is 3.38. The number of hydrogen-bond acceptors (Lipinski definition) is 6. The molecular formula is C13H18N6. The van der Waals surface area contributed by atoms with E-state index in [9.17, 15) is 0 Å². The van der Waals surface area contributed by atoms with Crippen molar-refractivity contribution in [3.63, 3.8) is 0 Å². The molecule has 6 heteroatoms. The molecule has 100 valence electrons. The fourth-order valence-electron chi connectivity index (χ4n) is 1.56. The molecule has 2 heterocycles. The summed E-state index contributed by atoms with van der Waals surface area (Å²) < 4.78 is 0. The maximum Gasteiger partial charge on any atom is 0.137 e. The summed E-state index contributed by atoms with van der Waals surface area (Å²) in [5, 5.41) is 3.14. The van der Waals surface area contributed by atoms with Crippen LogP contribution in [-0.4, -0.2) is 34.6 Å². The van der Waals surface area contributed by atoms with Crippen LogP contribution in [0.25, 0.3) is 0 Å². The van der Waals surface area contributed by atoms with Crippen molar-refractivity contribution in [1.29, 1.82) is 0 Å². The van der Waals surface area contributed by atoms with Gasteiger partial charge in [0.15, 0.2) is 0 Å². The van der Waals surface area contributed by atoms with Gasteiger partial charge in [-0.25, -0.2) is 15.0 Å². The summed E-state index contributed by atoms with van der Waals surface area (Å²) in [6, 6.07) is 7.76. The monoisotopic (exact) mass is 258 g/mol. The summed E-state index contributed by atoms with van der Waals surface area (Å²) in [7, 11) is 1.96. The maximum absolute atomic E-state index is 5.66. The van der Waals surface area contributed by atoms with Gasteiger partial charge in [0.2, 0.25) is 0 Å². The van der Waals surface area contributed by atoms with Crippen LogP contribution in [0.2, 0.25) is 0 Å². The normalized spacial score (nSPS) is 11.9. The van der Waals surface area contributed by atoms with Gasteiger partial charge in [0, 0.05) is 31.9 Å². The number of nitrogens with zero attached hydrogens (tertiary/aromatic N) is 4. The number of pyridine rings is 1. The molecule has 0 radical (unpaired) electrons. The van der Waals surface area contributed by atoms with Crippen LogP contribution in [0.5, 0.6) is 0 Å². The van der Waals surface area contributed by atoms with Crippen LogP contribution < -0.4 is 16.0 Å². The zero-order valence-electron chi connectivity index (χ0n) is 11.1. The fourth-order valence-corrected chi connectivity index (χ4v) is 1.56. The molecule has 0 aliphatic rings. The number of rotatable bonds is 5. The second-order valence-electron chi connectivity index (χ2n) is 4.30. The van der Waals surface area contributed by atoms with Gasteiger partial charge in [0.05, 0.1) is 0 Å². The third-order valence-corrected chi connectivity index (χ3v) is 2.94. The van der Waals surface area contributed by atoms with Crippen molar-refractivity contribution in [3.8, 4) is 0 Å². The Morgan fingerprint density at radius 1 is 1.26 bits per heavy atom. The highest BCUT2D eigenvalue weighted by Gasteiger charge is 2.10. The lowest BCUT2D eigenvalue weighted by Gasteiger charge is -2.24. The summed E-state index contributed by atoms with van der Waals surface area (Å²) >= 11 is 0. The third-order valence-electron chi connectivity index (χ3n) is 2.94. The largest absolute Gasteiger partial charge is 0.356 e. The molecule has 1 atom stereocenters. The van der Waals surface area contributed by atoms with E-state index in [0.29, 0.717) is 12.4 Å². The smallest absolute Gasteiger partial charge is 0.137 e. The quantitative estimate of drug-likeness (QED) is 0.844. The SMILES string of the molecule is CC(CN)N(C)c1cc(Nc2ccccn2)ncn1. The van der Waals surface area contributed by atoms with E-state index >= 15 is 0 Å². The van der Waals surface area contributed by atoms with Gasteiger partial charge in [0.25, 0.3) is 0 Å². The molecule has 0 saturated carbocycles. The maximum atomic E-state index is 5.66. The molecular weight excluding hydrogens is 240 g/mol. The Morgan fingerprint density at radius 3 is 2.79 bits per heavy atom. The zero-order valence-corrected chi connectivity index (χ0v) is 11.1. The second-order valence-corrected chi connectivity index (χ2v) is 4.30. The van der Waals surface area contributed by atoms with Gasteiger partial charge < -0.3 is 16.0 Å². The van der Waals surface area contributed by atoms with Gasteiger partial charge >= 0.3 is 0 Å². The molecule has 1 unspecified atom stereocenters. The van der Waals surface area contributed by atoms with Crippen molar-refractivity contribution < 1.29 is 0 Å². The number of nitrogens with one attached hydrogen (secondary N) is 1. The van der Waals surface area contributed by atoms with Crippen LogP contribution in [0.15, 0.2) is 36.8 Å². The van der Waals surface area contributed by atoms with Crippen LogP contribution >= 0.6 is 0 Å². The Morgan fingerprint density at radius 2 is 2.11 bits per heavy atom. The zero-order chi connectivity index (χ0) is 13.7. The standard InChI is InChI=1S/C13H18N6/c1-10(8-14)19(2)13-7-12(16-9-17-13)18-11-5-3-4-6-15-11/h3-7,9-10H,8,14H2,1-2H3,(H,15,16,17,18). The van der Waals surface area contributed by atoms with E-state index < -0.39 is 0 Å². The minimum atomic E-state index is 0.220. The van der Waals surface area contributed by atoms with Gasteiger partial charge in [0.1, 0.15) is 23.8 Å². The lowest BCUT2D eigenvalue weighted by molar-refractivity contribution is 0.686. The topological polar surface area (TPSA) is 80.0 Å². The van der Waals surface area contributed by atoms with Crippen LogP contribution in [-0.2, 0) is 0 Å². The van der Waals surface area contributed by atoms with Crippen molar-refractivity contribution in [2.24, 2.45) is 5.73 Å². The Bertz CT molecular complexity index is 516. The summed E-state index contributed by atoms with van der Waals surface area (Å²) in [5.41, 5.74) is 5.66. The molecule has 0 fully saturated rings. The lowest BCUT2D eigenvalue weighted by Crippen LogP contribution is -2.35. The molecule has 2 rings (SSSR count). The van der Waals surface area contributed by atoms with Crippen molar-refractivity contribution in [1.82, 2.24) is 15.0 Å². The van der Waals surface area contributed by atoms with Gasteiger partial charge in [-0.3, -0.25) is 0 Å². The number of nitrogens with two attached hydrogens (primary N) is 1. The van der Waals surface area contributed by atoms with Gasteiger partial charge in [-0.05, 0) is 19.1 Å². The van der Waals surface area contributed by atoms with Crippen LogP contribution in [0.3, 0.4) is 0 Å². The highest BCUT2D eigenvalue weighted by Crippen LogP contribution is 2.17.